The van der Waals surface area contributed by atoms with Crippen molar-refractivity contribution in [2.45, 2.75) is 20.5 Å². The molecular formula is C16H15F2NO2. The van der Waals surface area contributed by atoms with E-state index in [1.165, 1.54) is 12.1 Å². The monoisotopic (exact) mass is 291 g/mol. The Bertz CT molecular complexity index is 699. The zero-order valence-corrected chi connectivity index (χ0v) is 11.7. The molecule has 0 aliphatic heterocycles. The molecule has 110 valence electrons. The quantitative estimate of drug-likeness (QED) is 0.695. The predicted molar refractivity (Wildman–Crippen MR) is 75.8 cm³/mol. The van der Waals surface area contributed by atoms with E-state index >= 15 is 0 Å². The zero-order chi connectivity index (χ0) is 15.6. The van der Waals surface area contributed by atoms with E-state index in [1.807, 2.05) is 6.92 Å². The van der Waals surface area contributed by atoms with Crippen LogP contribution in [0.1, 0.15) is 27.0 Å². The standard InChI is InChI=1S/C16H15F2NO2/c1-9-5-10(2)15(19)7-13(9)16(20)21-8-11-3-4-12(17)6-14(11)18/h3-7H,8,19H2,1-2H3. The van der Waals surface area contributed by atoms with Crippen molar-refractivity contribution in [3.05, 3.63) is 64.2 Å². The van der Waals surface area contributed by atoms with Gasteiger partial charge in [-0.15, -0.1) is 0 Å². The lowest BCUT2D eigenvalue weighted by atomic mass is 10.0. The first-order chi connectivity index (χ1) is 9.88. The molecule has 0 spiro atoms. The molecule has 0 saturated carbocycles. The van der Waals surface area contributed by atoms with Crippen molar-refractivity contribution in [3.63, 3.8) is 0 Å². The number of hydrogen-bond acceptors (Lipinski definition) is 3. The Balaban J connectivity index is 2.13. The first-order valence-electron chi connectivity index (χ1n) is 6.36. The van der Waals surface area contributed by atoms with E-state index in [1.54, 1.807) is 13.0 Å². The second-order valence-electron chi connectivity index (χ2n) is 4.84. The molecule has 0 unspecified atom stereocenters. The lowest BCUT2D eigenvalue weighted by molar-refractivity contribution is 0.0468. The highest BCUT2D eigenvalue weighted by atomic mass is 19.1. The van der Waals surface area contributed by atoms with Gasteiger partial charge in [-0.05, 0) is 43.2 Å². The van der Waals surface area contributed by atoms with Crippen molar-refractivity contribution in [3.8, 4) is 0 Å². The normalized spacial score (nSPS) is 10.5. The summed E-state index contributed by atoms with van der Waals surface area (Å²) < 4.78 is 31.3. The highest BCUT2D eigenvalue weighted by Gasteiger charge is 2.14. The summed E-state index contributed by atoms with van der Waals surface area (Å²) in [6.45, 7) is 3.34. The minimum Gasteiger partial charge on any atom is -0.457 e. The summed E-state index contributed by atoms with van der Waals surface area (Å²) in [4.78, 5) is 12.0. The largest absolute Gasteiger partial charge is 0.457 e. The molecule has 0 bridgehead atoms. The first kappa shape index (κ1) is 15.0. The molecule has 2 aromatic carbocycles. The van der Waals surface area contributed by atoms with E-state index in [0.717, 1.165) is 23.3 Å². The van der Waals surface area contributed by atoms with E-state index in [9.17, 15) is 13.6 Å². The van der Waals surface area contributed by atoms with Gasteiger partial charge in [0.15, 0.2) is 0 Å². The lowest BCUT2D eigenvalue weighted by Gasteiger charge is -2.10. The Labute approximate surface area is 121 Å². The van der Waals surface area contributed by atoms with E-state index < -0.39 is 17.6 Å². The van der Waals surface area contributed by atoms with Gasteiger partial charge in [0.25, 0.3) is 0 Å². The molecule has 3 nitrogen and oxygen atoms in total. The highest BCUT2D eigenvalue weighted by molar-refractivity contribution is 5.92. The van der Waals surface area contributed by atoms with Crippen molar-refractivity contribution < 1.29 is 18.3 Å². The Morgan fingerprint density at radius 2 is 1.86 bits per heavy atom. The molecule has 0 aliphatic carbocycles. The summed E-state index contributed by atoms with van der Waals surface area (Å²) in [6, 6.07) is 6.42. The van der Waals surface area contributed by atoms with Crippen LogP contribution in [0.5, 0.6) is 0 Å². The van der Waals surface area contributed by atoms with Crippen LogP contribution < -0.4 is 5.73 Å². The number of ether oxygens (including phenoxy) is 1. The van der Waals surface area contributed by atoms with Crippen molar-refractivity contribution in [1.82, 2.24) is 0 Å². The van der Waals surface area contributed by atoms with Gasteiger partial charge < -0.3 is 10.5 Å². The van der Waals surface area contributed by atoms with Crippen LogP contribution >= 0.6 is 0 Å². The molecule has 21 heavy (non-hydrogen) atoms. The average molecular weight is 291 g/mol. The molecule has 0 aliphatic rings. The minimum absolute atomic E-state index is 0.113. The van der Waals surface area contributed by atoms with Crippen LogP contribution in [-0.2, 0) is 11.3 Å². The molecule has 5 heteroatoms. The van der Waals surface area contributed by atoms with Gasteiger partial charge in [0.2, 0.25) is 0 Å². The summed E-state index contributed by atoms with van der Waals surface area (Å²) in [5.41, 5.74) is 8.30. The third-order valence-corrected chi connectivity index (χ3v) is 3.21. The predicted octanol–water partition coefficient (Wildman–Crippen LogP) is 3.52. The van der Waals surface area contributed by atoms with Crippen molar-refractivity contribution in [1.29, 1.82) is 0 Å². The second-order valence-corrected chi connectivity index (χ2v) is 4.84. The van der Waals surface area contributed by atoms with Gasteiger partial charge in [-0.2, -0.15) is 0 Å². The number of esters is 1. The number of aryl methyl sites for hydroxylation is 2. The fraction of sp³-hybridized carbons (Fsp3) is 0.188. The van der Waals surface area contributed by atoms with Crippen LogP contribution in [0.25, 0.3) is 0 Å². The molecule has 0 fully saturated rings. The molecule has 2 aromatic rings. The van der Waals surface area contributed by atoms with E-state index in [2.05, 4.69) is 0 Å². The summed E-state index contributed by atoms with van der Waals surface area (Å²) in [5.74, 6) is -2.02. The first-order valence-corrected chi connectivity index (χ1v) is 6.36. The molecule has 2 N–H and O–H groups in total. The summed E-state index contributed by atoms with van der Waals surface area (Å²) in [5, 5.41) is 0. The Kier molecular flexibility index (Phi) is 4.21. The SMILES string of the molecule is Cc1cc(C)c(C(=O)OCc2ccc(F)cc2F)cc1N. The molecular weight excluding hydrogens is 276 g/mol. The van der Waals surface area contributed by atoms with Gasteiger partial charge >= 0.3 is 5.97 Å². The van der Waals surface area contributed by atoms with E-state index in [-0.39, 0.29) is 12.2 Å². The van der Waals surface area contributed by atoms with Crippen molar-refractivity contribution in [2.24, 2.45) is 0 Å². The minimum atomic E-state index is -0.747. The number of nitrogens with two attached hydrogens (primary N) is 1. The molecule has 0 atom stereocenters. The Hall–Kier alpha value is -2.43. The van der Waals surface area contributed by atoms with Gasteiger partial charge in [-0.1, -0.05) is 6.07 Å². The Morgan fingerprint density at radius 1 is 1.14 bits per heavy atom. The van der Waals surface area contributed by atoms with Crippen LogP contribution in [0, 0.1) is 25.5 Å². The molecule has 0 radical (unpaired) electrons. The fourth-order valence-electron chi connectivity index (χ4n) is 1.95. The van der Waals surface area contributed by atoms with Crippen LogP contribution in [0.2, 0.25) is 0 Å². The maximum Gasteiger partial charge on any atom is 0.338 e. The van der Waals surface area contributed by atoms with Crippen molar-refractivity contribution >= 4 is 11.7 Å². The summed E-state index contributed by atoms with van der Waals surface area (Å²) in [6.07, 6.45) is 0. The number of carbonyl (C=O) groups is 1. The lowest BCUT2D eigenvalue weighted by Crippen LogP contribution is -2.09. The average Bonchev–Trinajstić information content (AvgIpc) is 2.41. The number of nitrogen functional groups attached to an aromatic ring is 1. The van der Waals surface area contributed by atoms with Crippen LogP contribution in [-0.4, -0.2) is 5.97 Å². The van der Waals surface area contributed by atoms with Gasteiger partial charge in [0.1, 0.15) is 18.2 Å². The van der Waals surface area contributed by atoms with E-state index in [4.69, 9.17) is 10.5 Å². The van der Waals surface area contributed by atoms with Gasteiger partial charge in [0, 0.05) is 17.3 Å². The molecule has 0 aromatic heterocycles. The maximum atomic E-state index is 13.4. The number of halogens is 2. The third-order valence-electron chi connectivity index (χ3n) is 3.21. The zero-order valence-electron chi connectivity index (χ0n) is 11.7. The number of carbonyl (C=O) groups excluding carboxylic acids is 1. The smallest absolute Gasteiger partial charge is 0.338 e. The van der Waals surface area contributed by atoms with Gasteiger partial charge in [-0.25, -0.2) is 13.6 Å². The second kappa shape index (κ2) is 5.91. The molecule has 2 rings (SSSR count). The summed E-state index contributed by atoms with van der Waals surface area (Å²) >= 11 is 0. The summed E-state index contributed by atoms with van der Waals surface area (Å²) in [7, 11) is 0. The van der Waals surface area contributed by atoms with Crippen LogP contribution in [0.4, 0.5) is 14.5 Å². The number of benzene rings is 2. The highest BCUT2D eigenvalue weighted by Crippen LogP contribution is 2.19. The fourth-order valence-corrected chi connectivity index (χ4v) is 1.95. The topological polar surface area (TPSA) is 52.3 Å². The molecule has 0 amide bonds. The molecule has 0 saturated heterocycles. The number of hydrogen-bond donors (Lipinski definition) is 1. The van der Waals surface area contributed by atoms with Gasteiger partial charge in [0.05, 0.1) is 5.56 Å². The van der Waals surface area contributed by atoms with Crippen LogP contribution in [0.3, 0.4) is 0 Å². The van der Waals surface area contributed by atoms with E-state index in [0.29, 0.717) is 11.3 Å². The number of rotatable bonds is 3. The van der Waals surface area contributed by atoms with Crippen molar-refractivity contribution in [2.75, 3.05) is 5.73 Å². The van der Waals surface area contributed by atoms with Gasteiger partial charge in [-0.3, -0.25) is 0 Å². The van der Waals surface area contributed by atoms with Crippen LogP contribution in [0.15, 0.2) is 30.3 Å². The Morgan fingerprint density at radius 3 is 2.52 bits per heavy atom. The molecule has 0 heterocycles. The number of anilines is 1. The maximum absolute atomic E-state index is 13.4. The third kappa shape index (κ3) is 3.37.